The molecule has 0 radical (unpaired) electrons. The molecule has 0 saturated heterocycles. The third-order valence-corrected chi connectivity index (χ3v) is 6.89. The number of carbonyl (C=O) groups is 1. The Morgan fingerprint density at radius 2 is 1.88 bits per heavy atom. The van der Waals surface area contributed by atoms with Gasteiger partial charge < -0.3 is 19.7 Å². The van der Waals surface area contributed by atoms with Crippen LogP contribution in [0.15, 0.2) is 52.4 Å². The fourth-order valence-corrected chi connectivity index (χ4v) is 4.95. The molecular formula is C21H23N3O7S. The minimum atomic E-state index is -4.16. The van der Waals surface area contributed by atoms with Crippen LogP contribution < -0.4 is 14.8 Å². The highest BCUT2D eigenvalue weighted by Crippen LogP contribution is 2.31. The fraction of sp³-hybridized carbons (Fsp3) is 0.286. The lowest BCUT2D eigenvalue weighted by Crippen LogP contribution is -2.28. The van der Waals surface area contributed by atoms with Crippen LogP contribution in [0.4, 0.5) is 5.69 Å². The first kappa shape index (κ1) is 23.1. The molecule has 1 aliphatic rings. The first-order valence-electron chi connectivity index (χ1n) is 9.61. The number of non-ortho nitro benzene ring substituents is 1. The number of rotatable bonds is 7. The summed E-state index contributed by atoms with van der Waals surface area (Å²) in [5, 5.41) is 13.9. The van der Waals surface area contributed by atoms with Crippen molar-refractivity contribution in [2.75, 3.05) is 27.8 Å². The van der Waals surface area contributed by atoms with E-state index in [-0.39, 0.29) is 22.7 Å². The Labute approximate surface area is 185 Å². The van der Waals surface area contributed by atoms with Gasteiger partial charge in [-0.25, -0.2) is 8.42 Å². The van der Waals surface area contributed by atoms with E-state index in [1.807, 2.05) is 12.1 Å². The highest BCUT2D eigenvalue weighted by atomic mass is 32.2. The van der Waals surface area contributed by atoms with Crippen LogP contribution in [0.3, 0.4) is 0 Å². The van der Waals surface area contributed by atoms with Crippen LogP contribution >= 0.6 is 0 Å². The van der Waals surface area contributed by atoms with E-state index in [0.29, 0.717) is 24.5 Å². The van der Waals surface area contributed by atoms with Crippen molar-refractivity contribution in [3.63, 3.8) is 0 Å². The summed E-state index contributed by atoms with van der Waals surface area (Å²) in [5.41, 5.74) is 0.891. The predicted octanol–water partition coefficient (Wildman–Crippen LogP) is 2.03. The molecule has 1 amide bonds. The topological polar surface area (TPSA) is 128 Å². The molecule has 1 heterocycles. The molecule has 0 fully saturated rings. The quantitative estimate of drug-likeness (QED) is 0.287. The molecule has 0 saturated carbocycles. The number of likely N-dealkylation sites (N-methyl/N-ethyl adjacent to an activating group) is 1. The predicted molar refractivity (Wildman–Crippen MR) is 116 cm³/mol. The van der Waals surface area contributed by atoms with Gasteiger partial charge in [-0.05, 0) is 35.7 Å². The zero-order valence-corrected chi connectivity index (χ0v) is 18.6. The van der Waals surface area contributed by atoms with Gasteiger partial charge in [0.15, 0.2) is 16.4 Å². The average Bonchev–Trinajstić information content (AvgIpc) is 2.83. The molecule has 0 unspecified atom stereocenters. The summed E-state index contributed by atoms with van der Waals surface area (Å²) >= 11 is 0. The molecule has 1 aliphatic heterocycles. The van der Waals surface area contributed by atoms with E-state index in [4.69, 9.17) is 9.47 Å². The molecule has 0 spiro atoms. The van der Waals surface area contributed by atoms with Crippen molar-refractivity contribution in [1.82, 2.24) is 10.2 Å². The number of nitrogens with one attached hydrogen (secondary N) is 1. The summed E-state index contributed by atoms with van der Waals surface area (Å²) in [6.07, 6.45) is 1.72. The second-order valence-corrected chi connectivity index (χ2v) is 9.00. The Morgan fingerprint density at radius 1 is 1.16 bits per heavy atom. The van der Waals surface area contributed by atoms with Gasteiger partial charge in [-0.1, -0.05) is 6.07 Å². The maximum absolute atomic E-state index is 13.1. The summed E-state index contributed by atoms with van der Waals surface area (Å²) in [4.78, 5) is 23.9. The fourth-order valence-electron chi connectivity index (χ4n) is 3.37. The second-order valence-electron chi connectivity index (χ2n) is 7.12. The van der Waals surface area contributed by atoms with Crippen molar-refractivity contribution in [3.05, 3.63) is 68.7 Å². The number of benzene rings is 2. The number of amides is 1. The van der Waals surface area contributed by atoms with Crippen molar-refractivity contribution < 1.29 is 27.6 Å². The van der Waals surface area contributed by atoms with Crippen LogP contribution in [0, 0.1) is 10.1 Å². The van der Waals surface area contributed by atoms with E-state index < -0.39 is 25.6 Å². The van der Waals surface area contributed by atoms with Crippen molar-refractivity contribution in [2.24, 2.45) is 0 Å². The van der Waals surface area contributed by atoms with Crippen LogP contribution in [0.2, 0.25) is 0 Å². The highest BCUT2D eigenvalue weighted by Gasteiger charge is 2.35. The lowest BCUT2D eigenvalue weighted by Gasteiger charge is -2.14. The normalized spacial score (nSPS) is 16.3. The maximum Gasteiger partial charge on any atom is 0.269 e. The summed E-state index contributed by atoms with van der Waals surface area (Å²) in [6, 6.07) is 8.93. The van der Waals surface area contributed by atoms with Gasteiger partial charge in [-0.3, -0.25) is 14.9 Å². The van der Waals surface area contributed by atoms with Crippen molar-refractivity contribution in [3.8, 4) is 11.5 Å². The molecule has 3 rings (SSSR count). The Kier molecular flexibility index (Phi) is 6.68. The van der Waals surface area contributed by atoms with E-state index in [1.54, 1.807) is 13.2 Å². The number of nitrogens with zero attached hydrogens (tertiary/aromatic N) is 2. The molecule has 2 aromatic carbocycles. The largest absolute Gasteiger partial charge is 0.493 e. The standard InChI is InChI=1S/C21H23N3O7S/c1-23-13-15-11-16(24(26)27)5-7-19(15)32(28,29)20(21(23)25)12-22-9-8-14-4-6-17(30-2)18(10-14)31-3/h4-7,10-12,22H,8-9,13H2,1-3H3/b20-12+. The lowest BCUT2D eigenvalue weighted by molar-refractivity contribution is -0.385. The number of methoxy groups -OCH3 is 2. The molecule has 170 valence electrons. The molecule has 0 aromatic heterocycles. The third kappa shape index (κ3) is 4.52. The van der Waals surface area contributed by atoms with E-state index in [0.717, 1.165) is 11.6 Å². The monoisotopic (exact) mass is 461 g/mol. The minimum absolute atomic E-state index is 0.0575. The molecule has 0 atom stereocenters. The smallest absolute Gasteiger partial charge is 0.269 e. The van der Waals surface area contributed by atoms with Crippen LogP contribution in [-0.2, 0) is 27.6 Å². The van der Waals surface area contributed by atoms with Gasteiger partial charge in [0, 0.05) is 38.5 Å². The van der Waals surface area contributed by atoms with E-state index in [2.05, 4.69) is 5.32 Å². The van der Waals surface area contributed by atoms with Crippen molar-refractivity contribution >= 4 is 21.4 Å². The number of nitro benzene ring substituents is 1. The third-order valence-electron chi connectivity index (χ3n) is 5.04. The van der Waals surface area contributed by atoms with Gasteiger partial charge in [-0.2, -0.15) is 0 Å². The molecular weight excluding hydrogens is 438 g/mol. The van der Waals surface area contributed by atoms with Gasteiger partial charge in [0.25, 0.3) is 11.6 Å². The molecule has 0 bridgehead atoms. The van der Waals surface area contributed by atoms with Crippen LogP contribution in [-0.4, -0.2) is 52.0 Å². The van der Waals surface area contributed by atoms with Crippen molar-refractivity contribution in [2.45, 2.75) is 17.9 Å². The molecule has 10 nitrogen and oxygen atoms in total. The number of hydrogen-bond acceptors (Lipinski definition) is 8. The first-order valence-corrected chi connectivity index (χ1v) is 11.1. The Bertz CT molecular complexity index is 1190. The van der Waals surface area contributed by atoms with Gasteiger partial charge in [0.05, 0.1) is 24.0 Å². The van der Waals surface area contributed by atoms with Crippen LogP contribution in [0.1, 0.15) is 11.1 Å². The summed E-state index contributed by atoms with van der Waals surface area (Å²) in [7, 11) is 0.369. The Morgan fingerprint density at radius 3 is 2.53 bits per heavy atom. The number of ether oxygens (including phenoxy) is 2. The van der Waals surface area contributed by atoms with Gasteiger partial charge >= 0.3 is 0 Å². The van der Waals surface area contributed by atoms with Crippen molar-refractivity contribution in [1.29, 1.82) is 0 Å². The average molecular weight is 461 g/mol. The van der Waals surface area contributed by atoms with E-state index >= 15 is 0 Å². The number of nitro groups is 1. The van der Waals surface area contributed by atoms with E-state index in [9.17, 15) is 23.3 Å². The SMILES string of the molecule is COc1ccc(CCN/C=C2\C(=O)N(C)Cc3cc([N+](=O)[O-])ccc3S2(=O)=O)cc1OC. The maximum atomic E-state index is 13.1. The summed E-state index contributed by atoms with van der Waals surface area (Å²) in [6.45, 7) is 0.302. The summed E-state index contributed by atoms with van der Waals surface area (Å²) < 4.78 is 36.7. The molecule has 1 N–H and O–H groups in total. The van der Waals surface area contributed by atoms with Crippen LogP contribution in [0.25, 0.3) is 0 Å². The number of sulfone groups is 1. The molecule has 11 heteroatoms. The van der Waals surface area contributed by atoms with Gasteiger partial charge in [-0.15, -0.1) is 0 Å². The number of fused-ring (bicyclic) bond motifs is 1. The molecule has 32 heavy (non-hydrogen) atoms. The van der Waals surface area contributed by atoms with E-state index in [1.165, 1.54) is 37.4 Å². The zero-order chi connectivity index (χ0) is 23.5. The lowest BCUT2D eigenvalue weighted by atomic mass is 10.1. The number of carbonyl (C=O) groups excluding carboxylic acids is 1. The Balaban J connectivity index is 1.83. The van der Waals surface area contributed by atoms with Gasteiger partial charge in [0.1, 0.15) is 0 Å². The van der Waals surface area contributed by atoms with Crippen LogP contribution in [0.5, 0.6) is 11.5 Å². The number of hydrogen-bond donors (Lipinski definition) is 1. The molecule has 2 aromatic rings. The Hall–Kier alpha value is -3.60. The zero-order valence-electron chi connectivity index (χ0n) is 17.8. The minimum Gasteiger partial charge on any atom is -0.493 e. The first-order chi connectivity index (χ1) is 15.2. The summed E-state index contributed by atoms with van der Waals surface area (Å²) in [5.74, 6) is 0.489. The second kappa shape index (κ2) is 9.27. The highest BCUT2D eigenvalue weighted by molar-refractivity contribution is 7.96. The van der Waals surface area contributed by atoms with Gasteiger partial charge in [0.2, 0.25) is 9.84 Å². The molecule has 0 aliphatic carbocycles.